The molecule has 0 aliphatic heterocycles. The molecule has 2 atom stereocenters. The van der Waals surface area contributed by atoms with Crippen molar-refractivity contribution in [2.45, 2.75) is 24.8 Å². The molecule has 0 spiro atoms. The minimum absolute atomic E-state index is 0.302. The van der Waals surface area contributed by atoms with Crippen LogP contribution in [0.25, 0.3) is 0 Å². The largest absolute Gasteiger partial charge is 0.497 e. The molecule has 3 rings (SSSR count). The minimum atomic E-state index is 0.302. The van der Waals surface area contributed by atoms with Crippen LogP contribution < -0.4 is 4.74 Å². The first-order chi connectivity index (χ1) is 11.0. The summed E-state index contributed by atoms with van der Waals surface area (Å²) in [6.45, 7) is 0. The number of rotatable bonds is 3. The molecule has 23 heavy (non-hydrogen) atoms. The van der Waals surface area contributed by atoms with E-state index in [0.717, 1.165) is 18.6 Å². The van der Waals surface area contributed by atoms with Crippen LogP contribution in [0, 0.1) is 0 Å². The van der Waals surface area contributed by atoms with Gasteiger partial charge in [0.25, 0.3) is 0 Å². The molecule has 0 aromatic heterocycles. The Bertz CT molecular complexity index is 715. The standard InChI is InChI=1S/C19H21Cl2NO/c1-22(2)14-8-12-4-6-15(23-3)11-17(12)16(10-14)13-5-7-18(20)19(21)9-13/h4-7,9,11,14,16H,8,10H2,1-3H3/t14-,16+/m1/s1. The summed E-state index contributed by atoms with van der Waals surface area (Å²) >= 11 is 12.3. The monoisotopic (exact) mass is 349 g/mol. The van der Waals surface area contributed by atoms with Gasteiger partial charge in [0.05, 0.1) is 17.2 Å². The summed E-state index contributed by atoms with van der Waals surface area (Å²) in [5, 5.41) is 1.21. The quantitative estimate of drug-likeness (QED) is 0.772. The van der Waals surface area contributed by atoms with Gasteiger partial charge < -0.3 is 9.64 Å². The van der Waals surface area contributed by atoms with E-state index in [1.807, 2.05) is 18.2 Å². The number of nitrogens with zero attached hydrogens (tertiary/aromatic N) is 1. The summed E-state index contributed by atoms with van der Waals surface area (Å²) in [7, 11) is 6.00. The molecule has 2 nitrogen and oxygen atoms in total. The summed E-state index contributed by atoms with van der Waals surface area (Å²) in [5.74, 6) is 1.20. The number of likely N-dealkylation sites (N-methyl/N-ethyl adjacent to an activating group) is 1. The van der Waals surface area contributed by atoms with Crippen LogP contribution in [0.3, 0.4) is 0 Å². The summed E-state index contributed by atoms with van der Waals surface area (Å²) in [4.78, 5) is 2.30. The van der Waals surface area contributed by atoms with E-state index in [4.69, 9.17) is 27.9 Å². The maximum atomic E-state index is 6.25. The number of hydrogen-bond acceptors (Lipinski definition) is 2. The zero-order chi connectivity index (χ0) is 16.6. The Kier molecular flexibility index (Phi) is 4.86. The third-order valence-electron chi connectivity index (χ3n) is 4.77. The first kappa shape index (κ1) is 16.6. The second kappa shape index (κ2) is 6.72. The highest BCUT2D eigenvalue weighted by Crippen LogP contribution is 2.41. The Hall–Kier alpha value is -1.22. The van der Waals surface area contributed by atoms with Gasteiger partial charge >= 0.3 is 0 Å². The van der Waals surface area contributed by atoms with Gasteiger partial charge in [0, 0.05) is 12.0 Å². The molecule has 2 aromatic rings. The highest BCUT2D eigenvalue weighted by Gasteiger charge is 2.29. The molecule has 0 amide bonds. The van der Waals surface area contributed by atoms with Gasteiger partial charge in [-0.2, -0.15) is 0 Å². The summed E-state index contributed by atoms with van der Waals surface area (Å²) in [6, 6.07) is 12.9. The van der Waals surface area contributed by atoms with E-state index < -0.39 is 0 Å². The second-order valence-corrected chi connectivity index (χ2v) is 7.16. The smallest absolute Gasteiger partial charge is 0.119 e. The molecule has 1 aliphatic carbocycles. The maximum absolute atomic E-state index is 6.25. The molecule has 0 saturated heterocycles. The molecule has 1 aliphatic rings. The number of ether oxygens (including phenoxy) is 1. The molecule has 122 valence electrons. The Morgan fingerprint density at radius 2 is 1.83 bits per heavy atom. The van der Waals surface area contributed by atoms with E-state index in [2.05, 4.69) is 37.2 Å². The summed E-state index contributed by atoms with van der Waals surface area (Å²) in [6.07, 6.45) is 2.12. The van der Waals surface area contributed by atoms with Crippen LogP contribution in [0.5, 0.6) is 5.75 Å². The Morgan fingerprint density at radius 3 is 2.48 bits per heavy atom. The molecular formula is C19H21Cl2NO. The van der Waals surface area contributed by atoms with Crippen LogP contribution in [0.2, 0.25) is 10.0 Å². The van der Waals surface area contributed by atoms with Gasteiger partial charge in [-0.05, 0) is 67.9 Å². The fourth-order valence-electron chi connectivity index (χ4n) is 3.38. The molecule has 0 N–H and O–H groups in total. The first-order valence-electron chi connectivity index (χ1n) is 7.77. The lowest BCUT2D eigenvalue weighted by molar-refractivity contribution is 0.258. The van der Waals surface area contributed by atoms with Crippen LogP contribution in [0.1, 0.15) is 29.0 Å². The molecule has 0 saturated carbocycles. The summed E-state index contributed by atoms with van der Waals surface area (Å²) < 4.78 is 5.42. The highest BCUT2D eigenvalue weighted by molar-refractivity contribution is 6.42. The van der Waals surface area contributed by atoms with E-state index in [-0.39, 0.29) is 0 Å². The van der Waals surface area contributed by atoms with Crippen molar-refractivity contribution >= 4 is 23.2 Å². The Morgan fingerprint density at radius 1 is 1.04 bits per heavy atom. The van der Waals surface area contributed by atoms with Crippen molar-refractivity contribution in [3.8, 4) is 5.75 Å². The third-order valence-corrected chi connectivity index (χ3v) is 5.51. The molecule has 0 unspecified atom stereocenters. The van der Waals surface area contributed by atoms with Crippen molar-refractivity contribution in [1.82, 2.24) is 4.90 Å². The normalized spacial score (nSPS) is 20.4. The average molecular weight is 350 g/mol. The third kappa shape index (κ3) is 3.35. The number of halogens is 2. The fourth-order valence-corrected chi connectivity index (χ4v) is 3.69. The van der Waals surface area contributed by atoms with Crippen LogP contribution in [-0.4, -0.2) is 32.1 Å². The Labute approximate surface area is 148 Å². The van der Waals surface area contributed by atoms with Gasteiger partial charge in [-0.1, -0.05) is 35.3 Å². The van der Waals surface area contributed by atoms with E-state index in [1.54, 1.807) is 7.11 Å². The van der Waals surface area contributed by atoms with Crippen molar-refractivity contribution in [3.63, 3.8) is 0 Å². The van der Waals surface area contributed by atoms with Crippen molar-refractivity contribution in [3.05, 3.63) is 63.1 Å². The number of fused-ring (bicyclic) bond motifs is 1. The van der Waals surface area contributed by atoms with Crippen molar-refractivity contribution < 1.29 is 4.74 Å². The molecule has 0 bridgehead atoms. The van der Waals surface area contributed by atoms with Crippen LogP contribution in [0.4, 0.5) is 0 Å². The lowest BCUT2D eigenvalue weighted by atomic mass is 9.76. The predicted octanol–water partition coefficient (Wildman–Crippen LogP) is 5.01. The zero-order valence-electron chi connectivity index (χ0n) is 13.6. The van der Waals surface area contributed by atoms with Crippen molar-refractivity contribution in [2.75, 3.05) is 21.2 Å². The lowest BCUT2D eigenvalue weighted by Gasteiger charge is -2.36. The lowest BCUT2D eigenvalue weighted by Crippen LogP contribution is -2.35. The van der Waals surface area contributed by atoms with Gasteiger partial charge in [-0.15, -0.1) is 0 Å². The average Bonchev–Trinajstić information content (AvgIpc) is 2.55. The van der Waals surface area contributed by atoms with E-state index >= 15 is 0 Å². The van der Waals surface area contributed by atoms with Crippen LogP contribution in [-0.2, 0) is 6.42 Å². The molecule has 0 heterocycles. The van der Waals surface area contributed by atoms with Gasteiger partial charge in [0.2, 0.25) is 0 Å². The van der Waals surface area contributed by atoms with Gasteiger partial charge in [0.15, 0.2) is 0 Å². The SMILES string of the molecule is COc1ccc2c(c1)[C@H](c1ccc(Cl)c(Cl)c1)C[C@H](N(C)C)C2. The number of methoxy groups -OCH3 is 1. The van der Waals surface area contributed by atoms with Gasteiger partial charge in [-0.25, -0.2) is 0 Å². The molecule has 2 aromatic carbocycles. The highest BCUT2D eigenvalue weighted by atomic mass is 35.5. The fraction of sp³-hybridized carbons (Fsp3) is 0.368. The van der Waals surface area contributed by atoms with Gasteiger partial charge in [-0.3, -0.25) is 0 Å². The molecule has 4 heteroatoms. The van der Waals surface area contributed by atoms with Crippen LogP contribution >= 0.6 is 23.2 Å². The van der Waals surface area contributed by atoms with E-state index in [1.165, 1.54) is 16.7 Å². The first-order valence-corrected chi connectivity index (χ1v) is 8.53. The molecule has 0 fully saturated rings. The van der Waals surface area contributed by atoms with Crippen molar-refractivity contribution in [2.24, 2.45) is 0 Å². The maximum Gasteiger partial charge on any atom is 0.119 e. The Balaban J connectivity index is 2.08. The molecule has 0 radical (unpaired) electrons. The van der Waals surface area contributed by atoms with Gasteiger partial charge in [0.1, 0.15) is 5.75 Å². The predicted molar refractivity (Wildman–Crippen MR) is 97.1 cm³/mol. The summed E-state index contributed by atoms with van der Waals surface area (Å²) in [5.41, 5.74) is 3.92. The van der Waals surface area contributed by atoms with Crippen molar-refractivity contribution in [1.29, 1.82) is 0 Å². The molecular weight excluding hydrogens is 329 g/mol. The zero-order valence-corrected chi connectivity index (χ0v) is 15.2. The number of benzene rings is 2. The number of hydrogen-bond donors (Lipinski definition) is 0. The van der Waals surface area contributed by atoms with E-state index in [9.17, 15) is 0 Å². The minimum Gasteiger partial charge on any atom is -0.497 e. The van der Waals surface area contributed by atoms with E-state index in [0.29, 0.717) is 22.0 Å². The van der Waals surface area contributed by atoms with Crippen LogP contribution in [0.15, 0.2) is 36.4 Å². The topological polar surface area (TPSA) is 12.5 Å². The second-order valence-electron chi connectivity index (χ2n) is 6.35.